The second kappa shape index (κ2) is 3.12. The molecule has 76 valence electrons. The molecule has 0 fully saturated rings. The fourth-order valence-corrected chi connectivity index (χ4v) is 1.80. The van der Waals surface area contributed by atoms with Crippen molar-refractivity contribution in [1.82, 2.24) is 4.98 Å². The van der Waals surface area contributed by atoms with Gasteiger partial charge in [-0.05, 0) is 19.1 Å². The molecule has 0 unspecified atom stereocenters. The van der Waals surface area contributed by atoms with Gasteiger partial charge in [-0.3, -0.25) is 0 Å². The van der Waals surface area contributed by atoms with Crippen LogP contribution >= 0.6 is 0 Å². The molecule has 0 aliphatic carbocycles. The van der Waals surface area contributed by atoms with E-state index in [2.05, 4.69) is 17.2 Å². The lowest BCUT2D eigenvalue weighted by Crippen LogP contribution is -2.28. The summed E-state index contributed by atoms with van der Waals surface area (Å²) in [7, 11) is 0. The van der Waals surface area contributed by atoms with Gasteiger partial charge in [0.2, 0.25) is 0 Å². The Bertz CT molecular complexity index is 510. The van der Waals surface area contributed by atoms with E-state index in [9.17, 15) is 0 Å². The van der Waals surface area contributed by atoms with Crippen molar-refractivity contribution in [2.24, 2.45) is 0 Å². The zero-order chi connectivity index (χ0) is 10.3. The molecule has 0 bridgehead atoms. The van der Waals surface area contributed by atoms with Crippen LogP contribution in [0.1, 0.15) is 6.92 Å². The molecule has 1 aromatic heterocycles. The second-order valence-corrected chi connectivity index (χ2v) is 3.88. The first-order chi connectivity index (χ1) is 7.33. The second-order valence-electron chi connectivity index (χ2n) is 3.88. The van der Waals surface area contributed by atoms with Crippen LogP contribution in [0.25, 0.3) is 10.9 Å². The van der Waals surface area contributed by atoms with Crippen molar-refractivity contribution in [3.8, 4) is 5.75 Å². The van der Waals surface area contributed by atoms with Gasteiger partial charge in [-0.1, -0.05) is 18.2 Å². The average molecular weight is 200 g/mol. The van der Waals surface area contributed by atoms with Crippen LogP contribution in [0.15, 0.2) is 30.3 Å². The Balaban J connectivity index is 2.20. The van der Waals surface area contributed by atoms with E-state index in [1.54, 1.807) is 0 Å². The smallest absolute Gasteiger partial charge is 0.169 e. The number of fused-ring (bicyclic) bond motifs is 2. The quantitative estimate of drug-likeness (QED) is 0.709. The molecule has 2 heterocycles. The van der Waals surface area contributed by atoms with E-state index in [-0.39, 0.29) is 0 Å². The fraction of sp³-hybridized carbons (Fsp3) is 0.250. The van der Waals surface area contributed by atoms with Gasteiger partial charge in [0.05, 0.1) is 11.6 Å². The maximum atomic E-state index is 5.62. The predicted octanol–water partition coefficient (Wildman–Crippen LogP) is 2.43. The van der Waals surface area contributed by atoms with Gasteiger partial charge in [0.1, 0.15) is 6.61 Å². The molecule has 3 heteroatoms. The van der Waals surface area contributed by atoms with Crippen LogP contribution in [-0.4, -0.2) is 17.6 Å². The van der Waals surface area contributed by atoms with Crippen molar-refractivity contribution < 1.29 is 4.74 Å². The minimum absolute atomic E-state index is 0.325. The molecule has 1 atom stereocenters. The summed E-state index contributed by atoms with van der Waals surface area (Å²) in [5, 5.41) is 4.43. The van der Waals surface area contributed by atoms with Crippen LogP contribution in [0.3, 0.4) is 0 Å². The molecule has 0 radical (unpaired) electrons. The summed E-state index contributed by atoms with van der Waals surface area (Å²) in [5.74, 6) is 1.71. The normalized spacial score (nSPS) is 19.1. The number of hydrogen-bond acceptors (Lipinski definition) is 3. The molecular formula is C12H12N2O. The largest absolute Gasteiger partial charge is 0.488 e. The SMILES string of the molecule is C[C@H]1COc2cc3ccccc3nc2N1. The average Bonchev–Trinajstić information content (AvgIpc) is 2.26. The van der Waals surface area contributed by atoms with Gasteiger partial charge < -0.3 is 10.1 Å². The Labute approximate surface area is 88.1 Å². The molecule has 2 aromatic rings. The number of nitrogens with one attached hydrogen (secondary N) is 1. The number of benzene rings is 1. The minimum atomic E-state index is 0.325. The molecule has 1 aromatic carbocycles. The molecule has 0 spiro atoms. The van der Waals surface area contributed by atoms with E-state index in [1.165, 1.54) is 0 Å². The van der Waals surface area contributed by atoms with Crippen molar-refractivity contribution in [3.05, 3.63) is 30.3 Å². The summed E-state index contributed by atoms with van der Waals surface area (Å²) in [4.78, 5) is 4.53. The molecule has 15 heavy (non-hydrogen) atoms. The van der Waals surface area contributed by atoms with Crippen molar-refractivity contribution >= 4 is 16.7 Å². The molecule has 0 saturated heterocycles. The third-order valence-corrected chi connectivity index (χ3v) is 2.56. The first-order valence-electron chi connectivity index (χ1n) is 5.12. The van der Waals surface area contributed by atoms with Crippen LogP contribution in [0, 0.1) is 0 Å². The fourth-order valence-electron chi connectivity index (χ4n) is 1.80. The molecule has 0 amide bonds. The molecule has 1 aliphatic heterocycles. The lowest BCUT2D eigenvalue weighted by Gasteiger charge is -2.24. The number of ether oxygens (including phenoxy) is 1. The summed E-state index contributed by atoms with van der Waals surface area (Å²) >= 11 is 0. The van der Waals surface area contributed by atoms with Gasteiger partial charge in [-0.15, -0.1) is 0 Å². The monoisotopic (exact) mass is 200 g/mol. The topological polar surface area (TPSA) is 34.1 Å². The molecule has 1 aliphatic rings. The lowest BCUT2D eigenvalue weighted by molar-refractivity contribution is 0.290. The van der Waals surface area contributed by atoms with Crippen LogP contribution in [0.2, 0.25) is 0 Å². The number of nitrogens with zero attached hydrogens (tertiary/aromatic N) is 1. The summed E-state index contributed by atoms with van der Waals surface area (Å²) in [6.07, 6.45) is 0. The van der Waals surface area contributed by atoms with E-state index < -0.39 is 0 Å². The standard InChI is InChI=1S/C12H12N2O/c1-8-7-15-11-6-9-4-2-3-5-10(9)14-12(11)13-8/h2-6,8H,7H2,1H3,(H,13,14)/t8-/m0/s1. The van der Waals surface area contributed by atoms with Crippen LogP contribution in [0.5, 0.6) is 5.75 Å². The number of hydrogen-bond donors (Lipinski definition) is 1. The van der Waals surface area contributed by atoms with E-state index in [1.807, 2.05) is 30.3 Å². The van der Waals surface area contributed by atoms with E-state index in [0.29, 0.717) is 12.6 Å². The van der Waals surface area contributed by atoms with Crippen LogP contribution in [0.4, 0.5) is 5.82 Å². The van der Waals surface area contributed by atoms with E-state index in [0.717, 1.165) is 22.5 Å². The van der Waals surface area contributed by atoms with Crippen molar-refractivity contribution in [2.45, 2.75) is 13.0 Å². The van der Waals surface area contributed by atoms with Gasteiger partial charge in [-0.25, -0.2) is 4.98 Å². The summed E-state index contributed by atoms with van der Waals surface area (Å²) in [6, 6.07) is 10.4. The first-order valence-corrected chi connectivity index (χ1v) is 5.12. The first kappa shape index (κ1) is 8.53. The summed E-state index contributed by atoms with van der Waals surface area (Å²) in [5.41, 5.74) is 1.00. The number of para-hydroxylation sites is 1. The van der Waals surface area contributed by atoms with Crippen molar-refractivity contribution in [3.63, 3.8) is 0 Å². The Morgan fingerprint density at radius 1 is 1.40 bits per heavy atom. The molecule has 1 N–H and O–H groups in total. The third-order valence-electron chi connectivity index (χ3n) is 2.56. The zero-order valence-corrected chi connectivity index (χ0v) is 8.53. The van der Waals surface area contributed by atoms with Crippen molar-refractivity contribution in [2.75, 3.05) is 11.9 Å². The van der Waals surface area contributed by atoms with E-state index in [4.69, 9.17) is 4.74 Å². The third kappa shape index (κ3) is 1.40. The number of anilines is 1. The Kier molecular flexibility index (Phi) is 1.78. The highest BCUT2D eigenvalue weighted by molar-refractivity contribution is 5.83. The molecule has 3 rings (SSSR count). The van der Waals surface area contributed by atoms with Gasteiger partial charge in [0.15, 0.2) is 11.6 Å². The zero-order valence-electron chi connectivity index (χ0n) is 8.53. The van der Waals surface area contributed by atoms with Gasteiger partial charge in [0.25, 0.3) is 0 Å². The van der Waals surface area contributed by atoms with Gasteiger partial charge in [0, 0.05) is 5.39 Å². The summed E-state index contributed by atoms with van der Waals surface area (Å²) < 4.78 is 5.62. The Hall–Kier alpha value is -1.77. The van der Waals surface area contributed by atoms with E-state index >= 15 is 0 Å². The summed E-state index contributed by atoms with van der Waals surface area (Å²) in [6.45, 7) is 2.78. The highest BCUT2D eigenvalue weighted by Gasteiger charge is 2.16. The lowest BCUT2D eigenvalue weighted by atomic mass is 10.2. The molecule has 3 nitrogen and oxygen atoms in total. The highest BCUT2D eigenvalue weighted by Crippen LogP contribution is 2.30. The minimum Gasteiger partial charge on any atom is -0.488 e. The van der Waals surface area contributed by atoms with Crippen molar-refractivity contribution in [1.29, 1.82) is 0 Å². The number of pyridine rings is 1. The maximum absolute atomic E-state index is 5.62. The Morgan fingerprint density at radius 2 is 2.27 bits per heavy atom. The molecular weight excluding hydrogens is 188 g/mol. The van der Waals surface area contributed by atoms with Crippen LogP contribution in [-0.2, 0) is 0 Å². The van der Waals surface area contributed by atoms with Crippen LogP contribution < -0.4 is 10.1 Å². The Morgan fingerprint density at radius 3 is 3.20 bits per heavy atom. The molecule has 0 saturated carbocycles. The van der Waals surface area contributed by atoms with Gasteiger partial charge >= 0.3 is 0 Å². The number of rotatable bonds is 0. The van der Waals surface area contributed by atoms with Gasteiger partial charge in [-0.2, -0.15) is 0 Å². The predicted molar refractivity (Wildman–Crippen MR) is 60.3 cm³/mol. The number of aromatic nitrogens is 1. The maximum Gasteiger partial charge on any atom is 0.169 e. The highest BCUT2D eigenvalue weighted by atomic mass is 16.5.